The largest absolute Gasteiger partial charge is 0.478 e. The summed E-state index contributed by atoms with van der Waals surface area (Å²) < 4.78 is 0.701. The van der Waals surface area contributed by atoms with E-state index in [0.29, 0.717) is 16.3 Å². The van der Waals surface area contributed by atoms with Gasteiger partial charge in [-0.2, -0.15) is 0 Å². The first-order valence-corrected chi connectivity index (χ1v) is 8.25. The molecule has 2 saturated heterocycles. The molecule has 0 aliphatic carbocycles. The maximum atomic E-state index is 11.5. The van der Waals surface area contributed by atoms with Crippen LogP contribution >= 0.6 is 15.9 Å². The molecule has 0 saturated carbocycles. The lowest BCUT2D eigenvalue weighted by Gasteiger charge is -2.48. The van der Waals surface area contributed by atoms with Crippen molar-refractivity contribution < 1.29 is 9.90 Å². The van der Waals surface area contributed by atoms with Gasteiger partial charge in [-0.05, 0) is 48.3 Å². The Kier molecular flexibility index (Phi) is 4.17. The number of hydrogen-bond acceptors (Lipinski definition) is 4. The van der Waals surface area contributed by atoms with E-state index in [-0.39, 0.29) is 11.6 Å². The molecule has 114 valence electrons. The van der Waals surface area contributed by atoms with Crippen LogP contribution in [0.25, 0.3) is 0 Å². The van der Waals surface area contributed by atoms with Crippen molar-refractivity contribution in [3.8, 4) is 0 Å². The number of nitrogens with zero attached hydrogens (tertiary/aromatic N) is 3. The number of aromatic nitrogens is 1. The highest BCUT2D eigenvalue weighted by Crippen LogP contribution is 2.30. The minimum Gasteiger partial charge on any atom is -0.478 e. The molecule has 3 heterocycles. The molecule has 2 fully saturated rings. The molecule has 0 spiro atoms. The molecule has 3 rings (SSSR count). The van der Waals surface area contributed by atoms with Gasteiger partial charge in [0.15, 0.2) is 0 Å². The molecule has 2 aliphatic heterocycles. The Hall–Kier alpha value is -1.14. The molecular weight excluding hydrogens is 334 g/mol. The Bertz CT molecular complexity index is 552. The van der Waals surface area contributed by atoms with Gasteiger partial charge in [0.05, 0.1) is 0 Å². The van der Waals surface area contributed by atoms with E-state index in [4.69, 9.17) is 0 Å². The predicted octanol–water partition coefficient (Wildman–Crippen LogP) is 2.61. The molecule has 1 aromatic heterocycles. The van der Waals surface area contributed by atoms with Crippen molar-refractivity contribution in [2.24, 2.45) is 0 Å². The van der Waals surface area contributed by atoms with Crippen LogP contribution in [-0.2, 0) is 0 Å². The second kappa shape index (κ2) is 5.93. The first-order valence-electron chi connectivity index (χ1n) is 7.46. The zero-order valence-electron chi connectivity index (χ0n) is 12.1. The summed E-state index contributed by atoms with van der Waals surface area (Å²) in [5, 5.41) is 9.44. The maximum absolute atomic E-state index is 11.5. The van der Waals surface area contributed by atoms with Gasteiger partial charge >= 0.3 is 5.97 Å². The average Bonchev–Trinajstić information content (AvgIpc) is 2.46. The Labute approximate surface area is 133 Å². The van der Waals surface area contributed by atoms with Crippen molar-refractivity contribution in [2.75, 3.05) is 24.5 Å². The summed E-state index contributed by atoms with van der Waals surface area (Å²) in [6.07, 6.45) is 5.42. The van der Waals surface area contributed by atoms with Crippen molar-refractivity contribution >= 4 is 27.7 Å². The number of aromatic carboxylic acids is 1. The molecule has 21 heavy (non-hydrogen) atoms. The number of anilines is 1. The van der Waals surface area contributed by atoms with Crippen molar-refractivity contribution in [3.63, 3.8) is 0 Å². The van der Waals surface area contributed by atoms with Gasteiger partial charge in [0.1, 0.15) is 11.4 Å². The summed E-state index contributed by atoms with van der Waals surface area (Å²) in [6.45, 7) is 5.18. The number of fused-ring (bicyclic) bond motifs is 1. The molecule has 0 amide bonds. The van der Waals surface area contributed by atoms with Gasteiger partial charge in [-0.15, -0.1) is 0 Å². The molecule has 0 radical (unpaired) electrons. The smallest absolute Gasteiger partial charge is 0.339 e. The van der Waals surface area contributed by atoms with Crippen molar-refractivity contribution in [1.29, 1.82) is 0 Å². The van der Waals surface area contributed by atoms with Crippen LogP contribution in [0.3, 0.4) is 0 Å². The second-order valence-electron chi connectivity index (χ2n) is 5.98. The van der Waals surface area contributed by atoms with Crippen molar-refractivity contribution in [1.82, 2.24) is 9.88 Å². The summed E-state index contributed by atoms with van der Waals surface area (Å²) >= 11 is 3.31. The second-order valence-corrected chi connectivity index (χ2v) is 6.89. The topological polar surface area (TPSA) is 56.7 Å². The Balaban J connectivity index is 1.91. The van der Waals surface area contributed by atoms with Crippen LogP contribution in [0, 0.1) is 0 Å². The lowest BCUT2D eigenvalue weighted by molar-refractivity contribution is 0.0695. The Morgan fingerprint density at radius 1 is 1.43 bits per heavy atom. The first kappa shape index (κ1) is 14.8. The summed E-state index contributed by atoms with van der Waals surface area (Å²) in [6, 6.07) is 2.46. The highest BCUT2D eigenvalue weighted by Gasteiger charge is 2.35. The van der Waals surface area contributed by atoms with Gasteiger partial charge in [-0.1, -0.05) is 6.42 Å². The fourth-order valence-corrected chi connectivity index (χ4v) is 3.80. The Morgan fingerprint density at radius 3 is 3.00 bits per heavy atom. The lowest BCUT2D eigenvalue weighted by atomic mass is 9.97. The molecule has 2 atom stereocenters. The SMILES string of the molecule is CC1CN2CCCCC2CN1c1ncc(Br)cc1C(=O)O. The predicted molar refractivity (Wildman–Crippen MR) is 84.9 cm³/mol. The Morgan fingerprint density at radius 2 is 2.24 bits per heavy atom. The van der Waals surface area contributed by atoms with Crippen LogP contribution in [0.15, 0.2) is 16.7 Å². The number of halogens is 1. The van der Waals surface area contributed by atoms with Crippen LogP contribution in [0.5, 0.6) is 0 Å². The number of hydrogen-bond donors (Lipinski definition) is 1. The fraction of sp³-hybridized carbons (Fsp3) is 0.600. The summed E-state index contributed by atoms with van der Waals surface area (Å²) in [5.74, 6) is -0.319. The van der Waals surface area contributed by atoms with Crippen LogP contribution in [-0.4, -0.2) is 52.7 Å². The quantitative estimate of drug-likeness (QED) is 0.885. The van der Waals surface area contributed by atoms with Crippen LogP contribution < -0.4 is 4.90 Å². The van der Waals surface area contributed by atoms with E-state index in [1.54, 1.807) is 12.3 Å². The molecule has 0 aromatic carbocycles. The lowest BCUT2D eigenvalue weighted by Crippen LogP contribution is -2.59. The maximum Gasteiger partial charge on any atom is 0.339 e. The molecular formula is C15H20BrN3O2. The molecule has 2 unspecified atom stereocenters. The average molecular weight is 354 g/mol. The van der Waals surface area contributed by atoms with E-state index in [0.717, 1.165) is 13.1 Å². The standard InChI is InChI=1S/C15H20BrN3O2/c1-10-8-18-5-3-2-4-12(18)9-19(10)14-13(15(20)21)6-11(16)7-17-14/h6-7,10,12H,2-5,8-9H2,1H3,(H,20,21). The zero-order chi connectivity index (χ0) is 15.0. The van der Waals surface area contributed by atoms with Gasteiger partial charge in [0.25, 0.3) is 0 Å². The number of piperidine rings is 1. The number of carbonyl (C=O) groups is 1. The number of carboxylic acid groups (broad SMARTS) is 1. The van der Waals surface area contributed by atoms with Crippen molar-refractivity contribution in [2.45, 2.75) is 38.3 Å². The van der Waals surface area contributed by atoms with E-state index < -0.39 is 5.97 Å². The highest BCUT2D eigenvalue weighted by molar-refractivity contribution is 9.10. The number of pyridine rings is 1. The molecule has 1 N–H and O–H groups in total. The number of rotatable bonds is 2. The van der Waals surface area contributed by atoms with E-state index >= 15 is 0 Å². The van der Waals surface area contributed by atoms with Crippen LogP contribution in [0.4, 0.5) is 5.82 Å². The van der Waals surface area contributed by atoms with Crippen LogP contribution in [0.2, 0.25) is 0 Å². The minimum absolute atomic E-state index is 0.278. The first-order chi connectivity index (χ1) is 10.1. The zero-order valence-corrected chi connectivity index (χ0v) is 13.7. The monoisotopic (exact) mass is 353 g/mol. The van der Waals surface area contributed by atoms with E-state index in [1.165, 1.54) is 25.8 Å². The van der Waals surface area contributed by atoms with E-state index in [2.05, 4.69) is 37.6 Å². The third-order valence-electron chi connectivity index (χ3n) is 4.52. The molecule has 2 aliphatic rings. The van der Waals surface area contributed by atoms with E-state index in [1.807, 2.05) is 0 Å². The molecule has 1 aromatic rings. The van der Waals surface area contributed by atoms with E-state index in [9.17, 15) is 9.90 Å². The fourth-order valence-electron chi connectivity index (χ4n) is 3.47. The van der Waals surface area contributed by atoms with Gasteiger partial charge in [-0.3, -0.25) is 4.90 Å². The summed E-state index contributed by atoms with van der Waals surface area (Å²) in [4.78, 5) is 20.6. The minimum atomic E-state index is -0.919. The van der Waals surface area contributed by atoms with Crippen LogP contribution in [0.1, 0.15) is 36.5 Å². The number of carboxylic acids is 1. The third-order valence-corrected chi connectivity index (χ3v) is 4.96. The number of piperazine rings is 1. The normalized spacial score (nSPS) is 26.5. The van der Waals surface area contributed by atoms with Gasteiger partial charge < -0.3 is 10.0 Å². The summed E-state index contributed by atoms with van der Waals surface area (Å²) in [5.41, 5.74) is 0.278. The molecule has 5 nitrogen and oxygen atoms in total. The van der Waals surface area contributed by atoms with Gasteiger partial charge in [0, 0.05) is 35.8 Å². The molecule has 6 heteroatoms. The molecule has 0 bridgehead atoms. The summed E-state index contributed by atoms with van der Waals surface area (Å²) in [7, 11) is 0. The third kappa shape index (κ3) is 2.92. The highest BCUT2D eigenvalue weighted by atomic mass is 79.9. The van der Waals surface area contributed by atoms with Crippen molar-refractivity contribution in [3.05, 3.63) is 22.3 Å². The van der Waals surface area contributed by atoms with Gasteiger partial charge in [0.2, 0.25) is 0 Å². The van der Waals surface area contributed by atoms with Gasteiger partial charge in [-0.25, -0.2) is 9.78 Å².